The minimum Gasteiger partial charge on any atom is -0.480 e. The van der Waals surface area contributed by atoms with Crippen molar-refractivity contribution in [2.45, 2.75) is 51.8 Å². The number of hydrogen-bond donors (Lipinski definition) is 2. The number of amides is 2. The lowest BCUT2D eigenvalue weighted by Gasteiger charge is -2.37. The third-order valence-corrected chi connectivity index (χ3v) is 3.01. The number of rotatable bonds is 6. The van der Waals surface area contributed by atoms with Crippen molar-refractivity contribution in [1.29, 1.82) is 0 Å². The maximum atomic E-state index is 11.9. The highest BCUT2D eigenvalue weighted by molar-refractivity contribution is 5.80. The third kappa shape index (κ3) is 4.18. The summed E-state index contributed by atoms with van der Waals surface area (Å²) in [5.41, 5.74) is 0. The standard InChI is InChI=1S/C12H22N2O4/c1-4-18-10-5-9(6-10)13-12(17)14(8(2)3)7-11(15)16/h8-10H,4-7H2,1-3H3,(H,13,17)(H,15,16). The molecule has 0 saturated heterocycles. The first-order valence-corrected chi connectivity index (χ1v) is 6.34. The van der Waals surface area contributed by atoms with Gasteiger partial charge in [-0.2, -0.15) is 0 Å². The number of carboxylic acids is 1. The molecule has 1 aliphatic carbocycles. The molecular weight excluding hydrogens is 236 g/mol. The number of urea groups is 1. The second kappa shape index (κ2) is 6.58. The fraction of sp³-hybridized carbons (Fsp3) is 0.833. The Labute approximate surface area is 107 Å². The van der Waals surface area contributed by atoms with Crippen LogP contribution < -0.4 is 5.32 Å². The molecule has 1 saturated carbocycles. The van der Waals surface area contributed by atoms with Crippen LogP contribution in [-0.2, 0) is 9.53 Å². The number of nitrogens with zero attached hydrogens (tertiary/aromatic N) is 1. The minimum atomic E-state index is -1.00. The smallest absolute Gasteiger partial charge is 0.323 e. The predicted octanol–water partition coefficient (Wildman–Crippen LogP) is 1.06. The maximum absolute atomic E-state index is 11.9. The number of aliphatic carboxylic acids is 1. The zero-order valence-electron chi connectivity index (χ0n) is 11.2. The van der Waals surface area contributed by atoms with Gasteiger partial charge in [0.2, 0.25) is 0 Å². The molecule has 18 heavy (non-hydrogen) atoms. The molecule has 6 heteroatoms. The summed E-state index contributed by atoms with van der Waals surface area (Å²) in [5.74, 6) is -1.00. The highest BCUT2D eigenvalue weighted by atomic mass is 16.5. The molecule has 1 aliphatic rings. The Balaban J connectivity index is 2.37. The van der Waals surface area contributed by atoms with Crippen LogP contribution in [0.2, 0.25) is 0 Å². The summed E-state index contributed by atoms with van der Waals surface area (Å²) in [6.45, 7) is 5.95. The van der Waals surface area contributed by atoms with Crippen molar-refractivity contribution in [2.24, 2.45) is 0 Å². The van der Waals surface area contributed by atoms with Gasteiger partial charge in [-0.25, -0.2) is 4.79 Å². The van der Waals surface area contributed by atoms with Crippen molar-refractivity contribution in [3.63, 3.8) is 0 Å². The van der Waals surface area contributed by atoms with E-state index in [1.54, 1.807) is 13.8 Å². The molecule has 0 spiro atoms. The van der Waals surface area contributed by atoms with E-state index in [4.69, 9.17) is 9.84 Å². The summed E-state index contributed by atoms with van der Waals surface area (Å²) in [6.07, 6.45) is 1.84. The Bertz CT molecular complexity index is 300. The quantitative estimate of drug-likeness (QED) is 0.746. The highest BCUT2D eigenvalue weighted by Gasteiger charge is 2.32. The van der Waals surface area contributed by atoms with E-state index in [0.717, 1.165) is 12.8 Å². The van der Waals surface area contributed by atoms with Crippen LogP contribution in [0.25, 0.3) is 0 Å². The molecule has 0 aromatic carbocycles. The first-order chi connectivity index (χ1) is 8.43. The lowest BCUT2D eigenvalue weighted by Crippen LogP contribution is -2.54. The number of carbonyl (C=O) groups excluding carboxylic acids is 1. The Kier molecular flexibility index (Phi) is 5.40. The van der Waals surface area contributed by atoms with E-state index < -0.39 is 5.97 Å². The van der Waals surface area contributed by atoms with Gasteiger partial charge in [-0.1, -0.05) is 0 Å². The molecule has 6 nitrogen and oxygen atoms in total. The van der Waals surface area contributed by atoms with Gasteiger partial charge < -0.3 is 20.1 Å². The van der Waals surface area contributed by atoms with Gasteiger partial charge in [0.1, 0.15) is 6.54 Å². The molecule has 0 aromatic rings. The molecule has 0 bridgehead atoms. The van der Waals surface area contributed by atoms with E-state index in [1.807, 2.05) is 6.92 Å². The molecule has 0 heterocycles. The largest absolute Gasteiger partial charge is 0.480 e. The fourth-order valence-electron chi connectivity index (χ4n) is 1.95. The van der Waals surface area contributed by atoms with Gasteiger partial charge in [0.05, 0.1) is 6.10 Å². The lowest BCUT2D eigenvalue weighted by atomic mass is 9.89. The molecule has 0 radical (unpaired) electrons. The van der Waals surface area contributed by atoms with Gasteiger partial charge in [-0.15, -0.1) is 0 Å². The fourth-order valence-corrected chi connectivity index (χ4v) is 1.95. The molecule has 2 amide bonds. The first kappa shape index (κ1) is 14.8. The van der Waals surface area contributed by atoms with Crippen molar-refractivity contribution in [3.8, 4) is 0 Å². The summed E-state index contributed by atoms with van der Waals surface area (Å²) >= 11 is 0. The second-order valence-corrected chi connectivity index (χ2v) is 4.81. The highest BCUT2D eigenvalue weighted by Crippen LogP contribution is 2.23. The van der Waals surface area contributed by atoms with Crippen LogP contribution >= 0.6 is 0 Å². The van der Waals surface area contributed by atoms with Crippen LogP contribution in [0.3, 0.4) is 0 Å². The van der Waals surface area contributed by atoms with Crippen LogP contribution in [0.1, 0.15) is 33.6 Å². The molecule has 1 rings (SSSR count). The molecule has 0 atom stereocenters. The average Bonchev–Trinajstić information content (AvgIpc) is 2.22. The summed E-state index contributed by atoms with van der Waals surface area (Å²) in [5, 5.41) is 11.6. The van der Waals surface area contributed by atoms with Gasteiger partial charge in [0.15, 0.2) is 0 Å². The average molecular weight is 258 g/mol. The van der Waals surface area contributed by atoms with E-state index in [1.165, 1.54) is 4.90 Å². The maximum Gasteiger partial charge on any atom is 0.323 e. The van der Waals surface area contributed by atoms with E-state index in [0.29, 0.717) is 6.61 Å². The number of ether oxygens (including phenoxy) is 1. The van der Waals surface area contributed by atoms with Crippen molar-refractivity contribution in [1.82, 2.24) is 10.2 Å². The summed E-state index contributed by atoms with van der Waals surface area (Å²) in [7, 11) is 0. The van der Waals surface area contributed by atoms with Gasteiger partial charge in [0, 0.05) is 18.7 Å². The molecule has 0 aromatic heterocycles. The van der Waals surface area contributed by atoms with Gasteiger partial charge in [0.25, 0.3) is 0 Å². The predicted molar refractivity (Wildman–Crippen MR) is 66.4 cm³/mol. The molecular formula is C12H22N2O4. The number of nitrogens with one attached hydrogen (secondary N) is 1. The number of hydrogen-bond acceptors (Lipinski definition) is 3. The Hall–Kier alpha value is -1.30. The third-order valence-electron chi connectivity index (χ3n) is 3.01. The van der Waals surface area contributed by atoms with E-state index in [9.17, 15) is 9.59 Å². The Morgan fingerprint density at radius 2 is 2.06 bits per heavy atom. The monoisotopic (exact) mass is 258 g/mol. The first-order valence-electron chi connectivity index (χ1n) is 6.34. The SMILES string of the molecule is CCOC1CC(NC(=O)N(CC(=O)O)C(C)C)C1. The van der Waals surface area contributed by atoms with E-state index in [-0.39, 0.29) is 30.8 Å². The molecule has 2 N–H and O–H groups in total. The van der Waals surface area contributed by atoms with Gasteiger partial charge in [-0.3, -0.25) is 4.79 Å². The Morgan fingerprint density at radius 3 is 2.50 bits per heavy atom. The second-order valence-electron chi connectivity index (χ2n) is 4.81. The van der Waals surface area contributed by atoms with E-state index >= 15 is 0 Å². The molecule has 1 fully saturated rings. The number of carboxylic acid groups (broad SMARTS) is 1. The normalized spacial score (nSPS) is 22.4. The zero-order valence-corrected chi connectivity index (χ0v) is 11.2. The van der Waals surface area contributed by atoms with Crippen LogP contribution in [0.4, 0.5) is 4.79 Å². The van der Waals surface area contributed by atoms with E-state index in [2.05, 4.69) is 5.32 Å². The minimum absolute atomic E-state index is 0.101. The molecule has 104 valence electrons. The summed E-state index contributed by atoms with van der Waals surface area (Å²) in [6, 6.07) is -0.347. The van der Waals surface area contributed by atoms with Crippen molar-refractivity contribution in [3.05, 3.63) is 0 Å². The lowest BCUT2D eigenvalue weighted by molar-refractivity contribution is -0.138. The Morgan fingerprint density at radius 1 is 1.44 bits per heavy atom. The van der Waals surface area contributed by atoms with Crippen LogP contribution in [0.5, 0.6) is 0 Å². The summed E-state index contributed by atoms with van der Waals surface area (Å²) < 4.78 is 5.40. The van der Waals surface area contributed by atoms with Gasteiger partial charge in [-0.05, 0) is 33.6 Å². The van der Waals surface area contributed by atoms with Crippen LogP contribution in [-0.4, -0.2) is 53.3 Å². The van der Waals surface area contributed by atoms with Crippen LogP contribution in [0, 0.1) is 0 Å². The summed E-state index contributed by atoms with van der Waals surface area (Å²) in [4.78, 5) is 23.9. The van der Waals surface area contributed by atoms with Crippen molar-refractivity contribution < 1.29 is 19.4 Å². The number of carbonyl (C=O) groups is 2. The molecule has 0 unspecified atom stereocenters. The zero-order chi connectivity index (χ0) is 13.7. The van der Waals surface area contributed by atoms with Gasteiger partial charge >= 0.3 is 12.0 Å². The van der Waals surface area contributed by atoms with Crippen molar-refractivity contribution in [2.75, 3.05) is 13.2 Å². The topological polar surface area (TPSA) is 78.9 Å². The molecule has 0 aliphatic heterocycles. The van der Waals surface area contributed by atoms with Crippen LogP contribution in [0.15, 0.2) is 0 Å². The van der Waals surface area contributed by atoms with Crippen molar-refractivity contribution >= 4 is 12.0 Å².